The normalized spacial score (nSPS) is 17.3. The Morgan fingerprint density at radius 3 is 0.818 bits per heavy atom. The van der Waals surface area contributed by atoms with Gasteiger partial charge in [0.15, 0.2) is 0 Å². The van der Waals surface area contributed by atoms with Crippen LogP contribution in [0, 0.1) is 0 Å². The monoisotopic (exact) mass is 314 g/mol. The van der Waals surface area contributed by atoms with Gasteiger partial charge >= 0.3 is 11.9 Å². The minimum Gasteiger partial charge on any atom is -0.481 e. The van der Waals surface area contributed by atoms with E-state index in [-0.39, 0.29) is 12.8 Å². The summed E-state index contributed by atoms with van der Waals surface area (Å²) in [7, 11) is 0. The molecule has 130 valence electrons. The van der Waals surface area contributed by atoms with E-state index in [0.717, 1.165) is 0 Å². The van der Waals surface area contributed by atoms with Crippen LogP contribution in [0.5, 0.6) is 0 Å². The molecule has 0 saturated heterocycles. The summed E-state index contributed by atoms with van der Waals surface area (Å²) in [6, 6.07) is 0. The topological polar surface area (TPSA) is 74.6 Å². The second kappa shape index (κ2) is 16.3. The van der Waals surface area contributed by atoms with Gasteiger partial charge in [0.1, 0.15) is 0 Å². The van der Waals surface area contributed by atoms with Gasteiger partial charge in [0, 0.05) is 12.8 Å². The van der Waals surface area contributed by atoms with Crippen LogP contribution in [-0.2, 0) is 9.59 Å². The Hall–Kier alpha value is -1.06. The Labute approximate surface area is 135 Å². The number of carboxylic acid groups (broad SMARTS) is 2. The van der Waals surface area contributed by atoms with Crippen LogP contribution in [0.3, 0.4) is 0 Å². The van der Waals surface area contributed by atoms with Crippen molar-refractivity contribution in [1.82, 2.24) is 0 Å². The number of carboxylic acids is 2. The van der Waals surface area contributed by atoms with Gasteiger partial charge in [0.25, 0.3) is 0 Å². The van der Waals surface area contributed by atoms with Crippen molar-refractivity contribution in [1.29, 1.82) is 0 Å². The summed E-state index contributed by atoms with van der Waals surface area (Å²) >= 11 is 0. The van der Waals surface area contributed by atoms with Gasteiger partial charge in [-0.1, -0.05) is 77.0 Å². The lowest BCUT2D eigenvalue weighted by Crippen LogP contribution is -1.97. The van der Waals surface area contributed by atoms with Crippen molar-refractivity contribution in [2.24, 2.45) is 0 Å². The van der Waals surface area contributed by atoms with Crippen molar-refractivity contribution in [3.8, 4) is 0 Å². The highest BCUT2D eigenvalue weighted by Crippen LogP contribution is 2.15. The van der Waals surface area contributed by atoms with E-state index in [2.05, 4.69) is 0 Å². The molecule has 22 heavy (non-hydrogen) atoms. The fourth-order valence-electron chi connectivity index (χ4n) is 2.67. The molecule has 2 rings (SSSR count). The number of aliphatic carboxylic acids is 2. The summed E-state index contributed by atoms with van der Waals surface area (Å²) in [4.78, 5) is 19.8. The molecule has 4 heteroatoms. The van der Waals surface area contributed by atoms with Gasteiger partial charge in [0.05, 0.1) is 0 Å². The molecular formula is C18H34O4. The van der Waals surface area contributed by atoms with Gasteiger partial charge in [0.2, 0.25) is 0 Å². The fraction of sp³-hybridized carbons (Fsp3) is 0.889. The van der Waals surface area contributed by atoms with Gasteiger partial charge in [-0.05, 0) is 12.8 Å². The minimum absolute atomic E-state index is 0.0628. The molecule has 2 fully saturated rings. The van der Waals surface area contributed by atoms with Crippen molar-refractivity contribution in [2.45, 2.75) is 103 Å². The van der Waals surface area contributed by atoms with E-state index in [9.17, 15) is 9.59 Å². The smallest absolute Gasteiger partial charge is 0.303 e. The molecule has 0 spiro atoms. The Morgan fingerprint density at radius 2 is 0.682 bits per heavy atom. The molecule has 0 bridgehead atoms. The van der Waals surface area contributed by atoms with Gasteiger partial charge < -0.3 is 10.2 Å². The maximum atomic E-state index is 9.90. The van der Waals surface area contributed by atoms with E-state index in [1.165, 1.54) is 77.0 Å². The second-order valence-corrected chi connectivity index (χ2v) is 6.24. The first kappa shape index (κ1) is 20.9. The largest absolute Gasteiger partial charge is 0.481 e. The second-order valence-electron chi connectivity index (χ2n) is 6.24. The molecule has 2 N–H and O–H groups in total. The predicted octanol–water partition coefficient (Wildman–Crippen LogP) is 5.40. The van der Waals surface area contributed by atoms with Crippen LogP contribution in [0.4, 0.5) is 0 Å². The van der Waals surface area contributed by atoms with E-state index in [1.807, 2.05) is 0 Å². The van der Waals surface area contributed by atoms with Gasteiger partial charge in [-0.25, -0.2) is 0 Å². The molecular weight excluding hydrogens is 280 g/mol. The fourth-order valence-corrected chi connectivity index (χ4v) is 2.67. The average molecular weight is 314 g/mol. The van der Waals surface area contributed by atoms with E-state index < -0.39 is 11.9 Å². The van der Waals surface area contributed by atoms with Crippen LogP contribution >= 0.6 is 0 Å². The lowest BCUT2D eigenvalue weighted by Gasteiger charge is -2.05. The van der Waals surface area contributed by atoms with E-state index in [1.54, 1.807) is 0 Å². The van der Waals surface area contributed by atoms with Crippen LogP contribution in [0.2, 0.25) is 0 Å². The number of hydrogen-bond acceptors (Lipinski definition) is 2. The standard InChI is InChI=1S/C6H10O4.2C6H12/c7-5(8)3-1-2-4-6(9)10;2*1-2-4-6-5-3-1/h1-4H2,(H,7,8)(H,9,10);2*1-6H2. The van der Waals surface area contributed by atoms with Crippen molar-refractivity contribution < 1.29 is 19.8 Å². The van der Waals surface area contributed by atoms with Gasteiger partial charge in [-0.15, -0.1) is 0 Å². The molecule has 0 unspecified atom stereocenters. The lowest BCUT2D eigenvalue weighted by atomic mass is 10.0. The van der Waals surface area contributed by atoms with Gasteiger partial charge in [-0.3, -0.25) is 9.59 Å². The zero-order valence-electron chi connectivity index (χ0n) is 14.0. The van der Waals surface area contributed by atoms with Crippen LogP contribution in [-0.4, -0.2) is 22.2 Å². The first-order valence-electron chi connectivity index (χ1n) is 9.06. The number of carbonyl (C=O) groups is 2. The van der Waals surface area contributed by atoms with Gasteiger partial charge in [-0.2, -0.15) is 0 Å². The Balaban J connectivity index is 0.000000315. The number of hydrogen-bond donors (Lipinski definition) is 2. The quantitative estimate of drug-likeness (QED) is 0.666. The highest BCUT2D eigenvalue weighted by Gasteiger charge is 1.99. The third kappa shape index (κ3) is 18.9. The van der Waals surface area contributed by atoms with E-state index in [4.69, 9.17) is 10.2 Å². The highest BCUT2D eigenvalue weighted by molar-refractivity contribution is 5.67. The molecule has 0 heterocycles. The number of unbranched alkanes of at least 4 members (excludes halogenated alkanes) is 1. The Kier molecular flexibility index (Phi) is 15.5. The predicted molar refractivity (Wildman–Crippen MR) is 89.1 cm³/mol. The Bertz CT molecular complexity index is 217. The maximum Gasteiger partial charge on any atom is 0.303 e. The zero-order valence-corrected chi connectivity index (χ0v) is 14.0. The van der Waals surface area contributed by atoms with Crippen molar-refractivity contribution >= 4 is 11.9 Å². The minimum atomic E-state index is -0.870. The molecule has 0 aromatic rings. The molecule has 0 aromatic heterocycles. The summed E-state index contributed by atoms with van der Waals surface area (Å²) in [5.41, 5.74) is 0. The number of rotatable bonds is 5. The molecule has 0 radical (unpaired) electrons. The zero-order chi connectivity index (χ0) is 16.5. The molecule has 0 atom stereocenters. The lowest BCUT2D eigenvalue weighted by molar-refractivity contribution is -0.139. The molecule has 2 aliphatic rings. The maximum absolute atomic E-state index is 9.90. The SMILES string of the molecule is C1CCCCC1.C1CCCCC1.O=C(O)CCCCC(=O)O. The molecule has 2 saturated carbocycles. The first-order valence-corrected chi connectivity index (χ1v) is 9.06. The summed E-state index contributed by atoms with van der Waals surface area (Å²) in [6.07, 6.45) is 19.0. The molecule has 0 aliphatic heterocycles. The molecule has 0 aromatic carbocycles. The summed E-state index contributed by atoms with van der Waals surface area (Å²) in [6.45, 7) is 0. The third-order valence-corrected chi connectivity index (χ3v) is 4.03. The molecule has 2 aliphatic carbocycles. The Morgan fingerprint density at radius 1 is 0.500 bits per heavy atom. The third-order valence-electron chi connectivity index (χ3n) is 4.03. The average Bonchev–Trinajstić information content (AvgIpc) is 2.56. The van der Waals surface area contributed by atoms with Crippen molar-refractivity contribution in [2.75, 3.05) is 0 Å². The van der Waals surface area contributed by atoms with Crippen LogP contribution < -0.4 is 0 Å². The van der Waals surface area contributed by atoms with Crippen LogP contribution in [0.15, 0.2) is 0 Å². The van der Waals surface area contributed by atoms with Crippen molar-refractivity contribution in [3.05, 3.63) is 0 Å². The van der Waals surface area contributed by atoms with Crippen molar-refractivity contribution in [3.63, 3.8) is 0 Å². The summed E-state index contributed by atoms with van der Waals surface area (Å²) in [5, 5.41) is 16.3. The van der Waals surface area contributed by atoms with E-state index in [0.29, 0.717) is 12.8 Å². The van der Waals surface area contributed by atoms with Crippen LogP contribution in [0.25, 0.3) is 0 Å². The van der Waals surface area contributed by atoms with E-state index >= 15 is 0 Å². The summed E-state index contributed by atoms with van der Waals surface area (Å²) in [5.74, 6) is -1.74. The first-order chi connectivity index (χ1) is 10.6. The summed E-state index contributed by atoms with van der Waals surface area (Å²) < 4.78 is 0. The molecule has 4 nitrogen and oxygen atoms in total. The highest BCUT2D eigenvalue weighted by atomic mass is 16.4. The molecule has 0 amide bonds. The van der Waals surface area contributed by atoms with Crippen LogP contribution in [0.1, 0.15) is 103 Å².